The maximum atomic E-state index is 12.0. The molecule has 0 aromatic heterocycles. The minimum absolute atomic E-state index is 0.103. The maximum absolute atomic E-state index is 12.0. The number of aliphatic carboxylic acids is 1. The van der Waals surface area contributed by atoms with E-state index >= 15 is 0 Å². The molecule has 2 amide bonds. The van der Waals surface area contributed by atoms with Gasteiger partial charge in [-0.2, -0.15) is 0 Å². The third kappa shape index (κ3) is 3.22. The molecular formula is C15H17ClN2O4. The lowest BCUT2D eigenvalue weighted by atomic mass is 9.99. The normalized spacial score (nSPS) is 22.5. The van der Waals surface area contributed by atoms with Crippen molar-refractivity contribution >= 4 is 29.4 Å². The van der Waals surface area contributed by atoms with Gasteiger partial charge < -0.3 is 15.3 Å². The summed E-state index contributed by atoms with van der Waals surface area (Å²) in [5.74, 6) is -3.06. The highest BCUT2D eigenvalue weighted by molar-refractivity contribution is 6.30. The van der Waals surface area contributed by atoms with Crippen molar-refractivity contribution in [1.82, 2.24) is 10.2 Å². The molecule has 1 aliphatic heterocycles. The maximum Gasteiger partial charge on any atom is 0.315 e. The Morgan fingerprint density at radius 3 is 2.50 bits per heavy atom. The molecule has 0 saturated carbocycles. The summed E-state index contributed by atoms with van der Waals surface area (Å²) in [4.78, 5) is 36.3. The van der Waals surface area contributed by atoms with Gasteiger partial charge >= 0.3 is 5.97 Å². The number of halogens is 1. The van der Waals surface area contributed by atoms with Gasteiger partial charge in [0.05, 0.1) is 12.1 Å². The van der Waals surface area contributed by atoms with E-state index in [4.69, 9.17) is 16.7 Å². The van der Waals surface area contributed by atoms with Crippen LogP contribution in [0.5, 0.6) is 0 Å². The fourth-order valence-corrected chi connectivity index (χ4v) is 2.66. The van der Waals surface area contributed by atoms with Crippen LogP contribution >= 0.6 is 11.6 Å². The van der Waals surface area contributed by atoms with E-state index in [2.05, 4.69) is 5.32 Å². The Bertz CT molecular complexity index is 602. The van der Waals surface area contributed by atoms with Gasteiger partial charge in [-0.1, -0.05) is 23.7 Å². The van der Waals surface area contributed by atoms with Crippen LogP contribution in [0.4, 0.5) is 0 Å². The fraction of sp³-hybridized carbons (Fsp3) is 0.400. The minimum atomic E-state index is -1.20. The fourth-order valence-electron chi connectivity index (χ4n) is 2.53. The Hall–Kier alpha value is -2.08. The Morgan fingerprint density at radius 2 is 1.95 bits per heavy atom. The monoisotopic (exact) mass is 324 g/mol. The summed E-state index contributed by atoms with van der Waals surface area (Å²) in [6.45, 7) is 1.31. The van der Waals surface area contributed by atoms with Gasteiger partial charge in [0, 0.05) is 18.5 Å². The summed E-state index contributed by atoms with van der Waals surface area (Å²) < 4.78 is 0. The summed E-state index contributed by atoms with van der Waals surface area (Å²) in [6, 6.07) is 6.21. The number of carboxylic acid groups (broad SMARTS) is 1. The molecule has 7 heteroatoms. The van der Waals surface area contributed by atoms with Crippen molar-refractivity contribution in [3.05, 3.63) is 34.9 Å². The summed E-state index contributed by atoms with van der Waals surface area (Å²) in [5, 5.41) is 12.1. The molecule has 1 aromatic carbocycles. The minimum Gasteiger partial charge on any atom is -0.481 e. The Balaban J connectivity index is 2.21. The first-order valence-electron chi connectivity index (χ1n) is 6.85. The van der Waals surface area contributed by atoms with Crippen LogP contribution < -0.4 is 5.32 Å². The number of hydrogen-bond donors (Lipinski definition) is 2. The molecule has 22 heavy (non-hydrogen) atoms. The number of carboxylic acids is 1. The zero-order valence-electron chi connectivity index (χ0n) is 12.2. The zero-order chi connectivity index (χ0) is 16.4. The highest BCUT2D eigenvalue weighted by Crippen LogP contribution is 2.32. The van der Waals surface area contributed by atoms with E-state index in [9.17, 15) is 14.4 Å². The van der Waals surface area contributed by atoms with Crippen LogP contribution in [0.25, 0.3) is 0 Å². The quantitative estimate of drug-likeness (QED) is 0.821. The molecule has 0 radical (unpaired) electrons. The van der Waals surface area contributed by atoms with Crippen molar-refractivity contribution in [2.24, 2.45) is 5.92 Å². The highest BCUT2D eigenvalue weighted by atomic mass is 35.5. The highest BCUT2D eigenvalue weighted by Gasteiger charge is 2.40. The number of likely N-dealkylation sites (N-methyl/N-ethyl adjacent to an activating group) is 1. The number of hydrogen-bond acceptors (Lipinski definition) is 3. The van der Waals surface area contributed by atoms with Crippen molar-refractivity contribution in [2.75, 3.05) is 7.05 Å². The van der Waals surface area contributed by atoms with Gasteiger partial charge in [-0.25, -0.2) is 0 Å². The van der Waals surface area contributed by atoms with Crippen LogP contribution in [0.15, 0.2) is 24.3 Å². The molecule has 1 fully saturated rings. The lowest BCUT2D eigenvalue weighted by Crippen LogP contribution is -2.43. The topological polar surface area (TPSA) is 86.7 Å². The second-order valence-electron chi connectivity index (χ2n) is 5.38. The zero-order valence-corrected chi connectivity index (χ0v) is 13.0. The number of nitrogens with one attached hydrogen (secondary N) is 1. The lowest BCUT2D eigenvalue weighted by molar-refractivity contribution is -0.146. The van der Waals surface area contributed by atoms with E-state index in [0.717, 1.165) is 5.56 Å². The average molecular weight is 325 g/mol. The number of amides is 2. The molecule has 3 atom stereocenters. The third-order valence-corrected chi connectivity index (χ3v) is 4.14. The van der Waals surface area contributed by atoms with Crippen LogP contribution in [0, 0.1) is 5.92 Å². The Kier molecular flexibility index (Phi) is 4.71. The first-order chi connectivity index (χ1) is 10.3. The third-order valence-electron chi connectivity index (χ3n) is 3.89. The molecule has 0 unspecified atom stereocenters. The number of benzene rings is 1. The number of carbonyl (C=O) groups is 3. The molecule has 0 bridgehead atoms. The summed E-state index contributed by atoms with van der Waals surface area (Å²) in [6.07, 6.45) is 0.141. The number of carbonyl (C=O) groups excluding carboxylic acids is 2. The van der Waals surface area contributed by atoms with E-state index in [1.54, 1.807) is 36.2 Å². The molecule has 6 nitrogen and oxygen atoms in total. The van der Waals surface area contributed by atoms with Gasteiger partial charge in [0.2, 0.25) is 11.8 Å². The van der Waals surface area contributed by atoms with Crippen LogP contribution in [0.1, 0.15) is 24.9 Å². The van der Waals surface area contributed by atoms with E-state index < -0.39 is 23.8 Å². The predicted molar refractivity (Wildman–Crippen MR) is 80.3 cm³/mol. The van der Waals surface area contributed by atoms with Crippen molar-refractivity contribution in [3.8, 4) is 0 Å². The first-order valence-corrected chi connectivity index (χ1v) is 7.23. The van der Waals surface area contributed by atoms with Gasteiger partial charge in [-0.3, -0.25) is 14.4 Å². The number of rotatable bonds is 4. The Labute approximate surface area is 133 Å². The molecule has 1 saturated heterocycles. The second-order valence-corrected chi connectivity index (χ2v) is 5.82. The van der Waals surface area contributed by atoms with Crippen molar-refractivity contribution < 1.29 is 19.5 Å². The van der Waals surface area contributed by atoms with Gasteiger partial charge in [0.25, 0.3) is 0 Å². The van der Waals surface area contributed by atoms with Crippen molar-refractivity contribution in [3.63, 3.8) is 0 Å². The standard InChI is InChI=1S/C15H17ClN2O4/c1-8(15(21)22)14(20)17-11-7-12(19)18(2)13(11)9-3-5-10(16)6-4-9/h3-6,8,11,13H,7H2,1-2H3,(H,17,20)(H,21,22)/t8-,11+,13-/m0/s1. The lowest BCUT2D eigenvalue weighted by Gasteiger charge is -2.26. The number of likely N-dealkylation sites (tertiary alicyclic amines) is 1. The SMILES string of the molecule is C[C@H](C(=O)O)C(=O)N[C@@H]1CC(=O)N(C)[C@H]1c1ccc(Cl)cc1. The molecule has 1 aromatic rings. The van der Waals surface area contributed by atoms with Gasteiger partial charge in [0.15, 0.2) is 0 Å². The van der Waals surface area contributed by atoms with Crippen LogP contribution in [-0.2, 0) is 14.4 Å². The van der Waals surface area contributed by atoms with Gasteiger partial charge in [0.1, 0.15) is 5.92 Å². The van der Waals surface area contributed by atoms with Gasteiger partial charge in [-0.05, 0) is 24.6 Å². The van der Waals surface area contributed by atoms with Crippen LogP contribution in [0.2, 0.25) is 5.02 Å². The molecule has 0 spiro atoms. The Morgan fingerprint density at radius 1 is 1.36 bits per heavy atom. The number of nitrogens with zero attached hydrogens (tertiary/aromatic N) is 1. The van der Waals surface area contributed by atoms with Crippen molar-refractivity contribution in [2.45, 2.75) is 25.4 Å². The van der Waals surface area contributed by atoms with Crippen molar-refractivity contribution in [1.29, 1.82) is 0 Å². The summed E-state index contributed by atoms with van der Waals surface area (Å²) >= 11 is 5.86. The van der Waals surface area contributed by atoms with Gasteiger partial charge in [-0.15, -0.1) is 0 Å². The predicted octanol–water partition coefficient (Wildman–Crippen LogP) is 1.45. The molecule has 0 aliphatic carbocycles. The smallest absolute Gasteiger partial charge is 0.315 e. The molecule has 2 rings (SSSR count). The largest absolute Gasteiger partial charge is 0.481 e. The van der Waals surface area contributed by atoms with E-state index in [1.165, 1.54) is 6.92 Å². The van der Waals surface area contributed by atoms with E-state index in [1.807, 2.05) is 0 Å². The first kappa shape index (κ1) is 16.3. The average Bonchev–Trinajstić information content (AvgIpc) is 2.74. The molecule has 2 N–H and O–H groups in total. The van der Waals surface area contributed by atoms with E-state index in [0.29, 0.717) is 5.02 Å². The molecule has 1 aliphatic rings. The summed E-state index contributed by atoms with van der Waals surface area (Å²) in [7, 11) is 1.66. The summed E-state index contributed by atoms with van der Waals surface area (Å²) in [5.41, 5.74) is 0.839. The molecular weight excluding hydrogens is 308 g/mol. The molecule has 118 valence electrons. The van der Waals surface area contributed by atoms with Crippen LogP contribution in [0.3, 0.4) is 0 Å². The molecule has 1 heterocycles. The van der Waals surface area contributed by atoms with Crippen LogP contribution in [-0.4, -0.2) is 40.9 Å². The second kappa shape index (κ2) is 6.36. The van der Waals surface area contributed by atoms with E-state index in [-0.39, 0.29) is 18.4 Å².